The van der Waals surface area contributed by atoms with Crippen LogP contribution in [0.3, 0.4) is 0 Å². The van der Waals surface area contributed by atoms with Gasteiger partial charge in [-0.05, 0) is 51.4 Å². The van der Waals surface area contributed by atoms with Crippen molar-refractivity contribution in [1.29, 1.82) is 0 Å². The molecule has 2 aromatic heterocycles. The summed E-state index contributed by atoms with van der Waals surface area (Å²) >= 11 is 0. The molecule has 3 rings (SSSR count). The molecule has 0 radical (unpaired) electrons. The summed E-state index contributed by atoms with van der Waals surface area (Å²) in [6.45, 7) is 5.70. The van der Waals surface area contributed by atoms with Gasteiger partial charge in [-0.3, -0.25) is 4.79 Å². The summed E-state index contributed by atoms with van der Waals surface area (Å²) in [5.41, 5.74) is 2.66. The van der Waals surface area contributed by atoms with Crippen LogP contribution in [0.25, 0.3) is 5.82 Å². The zero-order valence-electron chi connectivity index (χ0n) is 13.1. The smallest absolute Gasteiger partial charge is 0.253 e. The third-order valence-corrected chi connectivity index (χ3v) is 4.23. The van der Waals surface area contributed by atoms with Crippen LogP contribution in [0.4, 0.5) is 0 Å². The Morgan fingerprint density at radius 3 is 3.00 bits per heavy atom. The monoisotopic (exact) mass is 298 g/mol. The van der Waals surface area contributed by atoms with E-state index in [-0.39, 0.29) is 5.91 Å². The van der Waals surface area contributed by atoms with Gasteiger partial charge in [0.2, 0.25) is 0 Å². The number of amides is 1. The van der Waals surface area contributed by atoms with Gasteiger partial charge < -0.3 is 15.2 Å². The molecule has 3 heterocycles. The molecule has 1 aliphatic rings. The van der Waals surface area contributed by atoms with Gasteiger partial charge in [0.1, 0.15) is 5.82 Å². The fourth-order valence-corrected chi connectivity index (χ4v) is 3.07. The Morgan fingerprint density at radius 1 is 1.45 bits per heavy atom. The third-order valence-electron chi connectivity index (χ3n) is 4.23. The van der Waals surface area contributed by atoms with Crippen molar-refractivity contribution in [2.45, 2.75) is 32.7 Å². The maximum atomic E-state index is 12.4. The quantitative estimate of drug-likeness (QED) is 0.907. The average molecular weight is 298 g/mol. The molecule has 1 amide bonds. The van der Waals surface area contributed by atoms with Crippen LogP contribution in [0.2, 0.25) is 0 Å². The summed E-state index contributed by atoms with van der Waals surface area (Å²) in [6, 6.07) is 8.13. The molecule has 1 fully saturated rings. The first-order valence-corrected chi connectivity index (χ1v) is 7.79. The minimum absolute atomic E-state index is 0.0102. The summed E-state index contributed by atoms with van der Waals surface area (Å²) in [6.07, 6.45) is 4.09. The molecule has 1 saturated heterocycles. The summed E-state index contributed by atoms with van der Waals surface area (Å²) in [4.78, 5) is 16.8. The van der Waals surface area contributed by atoms with Gasteiger partial charge in [0.25, 0.3) is 5.91 Å². The highest BCUT2D eigenvalue weighted by atomic mass is 16.1. The normalized spacial score (nSPS) is 17.6. The number of aryl methyl sites for hydroxylation is 1. The third kappa shape index (κ3) is 2.90. The van der Waals surface area contributed by atoms with Crippen molar-refractivity contribution in [2.24, 2.45) is 0 Å². The second-order valence-corrected chi connectivity index (χ2v) is 5.81. The zero-order chi connectivity index (χ0) is 15.5. The Bertz CT molecular complexity index is 657. The maximum Gasteiger partial charge on any atom is 0.253 e. The fraction of sp³-hybridized carbons (Fsp3) is 0.412. The molecular formula is C17H22N4O. The molecule has 0 aliphatic carbocycles. The van der Waals surface area contributed by atoms with E-state index in [9.17, 15) is 4.79 Å². The molecule has 0 bridgehead atoms. The van der Waals surface area contributed by atoms with Crippen molar-refractivity contribution in [3.05, 3.63) is 47.4 Å². The number of carbonyl (C=O) groups excluding carboxylic acids is 1. The van der Waals surface area contributed by atoms with Crippen molar-refractivity contribution in [3.8, 4) is 5.82 Å². The summed E-state index contributed by atoms with van der Waals surface area (Å²) < 4.78 is 2.02. The predicted octanol–water partition coefficient (Wildman–Crippen LogP) is 1.97. The highest BCUT2D eigenvalue weighted by Crippen LogP contribution is 2.19. The molecule has 1 unspecified atom stereocenters. The summed E-state index contributed by atoms with van der Waals surface area (Å²) in [5, 5.41) is 6.43. The van der Waals surface area contributed by atoms with Crippen molar-refractivity contribution in [2.75, 3.05) is 13.1 Å². The van der Waals surface area contributed by atoms with Gasteiger partial charge in [-0.2, -0.15) is 0 Å². The number of nitrogens with zero attached hydrogens (tertiary/aromatic N) is 2. The number of aromatic nitrogens is 2. The lowest BCUT2D eigenvalue weighted by Crippen LogP contribution is -2.37. The minimum atomic E-state index is -0.0102. The van der Waals surface area contributed by atoms with E-state index >= 15 is 0 Å². The Balaban J connectivity index is 1.78. The van der Waals surface area contributed by atoms with Gasteiger partial charge in [-0.15, -0.1) is 0 Å². The van der Waals surface area contributed by atoms with Crippen LogP contribution in [0, 0.1) is 13.8 Å². The number of hydrogen-bond acceptors (Lipinski definition) is 3. The number of rotatable bonds is 4. The van der Waals surface area contributed by atoms with Crippen molar-refractivity contribution >= 4 is 5.91 Å². The van der Waals surface area contributed by atoms with E-state index in [0.717, 1.165) is 35.7 Å². The molecular weight excluding hydrogens is 276 g/mol. The molecule has 5 heteroatoms. The molecule has 5 nitrogen and oxygen atoms in total. The Morgan fingerprint density at radius 2 is 2.32 bits per heavy atom. The molecule has 0 aromatic carbocycles. The van der Waals surface area contributed by atoms with E-state index in [1.165, 1.54) is 6.42 Å². The molecule has 116 valence electrons. The van der Waals surface area contributed by atoms with E-state index in [1.54, 1.807) is 6.20 Å². The Labute approximate surface area is 130 Å². The summed E-state index contributed by atoms with van der Waals surface area (Å²) in [7, 11) is 0. The predicted molar refractivity (Wildman–Crippen MR) is 86.4 cm³/mol. The van der Waals surface area contributed by atoms with Crippen LogP contribution < -0.4 is 10.6 Å². The average Bonchev–Trinajstić information content (AvgIpc) is 3.14. The molecule has 22 heavy (non-hydrogen) atoms. The highest BCUT2D eigenvalue weighted by Gasteiger charge is 2.19. The first-order chi connectivity index (χ1) is 10.7. The van der Waals surface area contributed by atoms with Crippen LogP contribution in [0.15, 0.2) is 30.5 Å². The van der Waals surface area contributed by atoms with Crippen molar-refractivity contribution in [1.82, 2.24) is 20.2 Å². The van der Waals surface area contributed by atoms with Gasteiger partial charge in [-0.1, -0.05) is 6.07 Å². The molecule has 1 atom stereocenters. The van der Waals surface area contributed by atoms with Crippen molar-refractivity contribution in [3.63, 3.8) is 0 Å². The van der Waals surface area contributed by atoms with E-state index < -0.39 is 0 Å². The molecule has 2 N–H and O–H groups in total. The highest BCUT2D eigenvalue weighted by molar-refractivity contribution is 5.95. The topological polar surface area (TPSA) is 59.0 Å². The minimum Gasteiger partial charge on any atom is -0.350 e. The van der Waals surface area contributed by atoms with Gasteiger partial charge in [0, 0.05) is 30.2 Å². The largest absolute Gasteiger partial charge is 0.350 e. The van der Waals surface area contributed by atoms with E-state index in [1.807, 2.05) is 42.7 Å². The Hall–Kier alpha value is -2.14. The molecule has 0 spiro atoms. The van der Waals surface area contributed by atoms with Crippen LogP contribution in [-0.2, 0) is 0 Å². The number of hydrogen-bond donors (Lipinski definition) is 2. The van der Waals surface area contributed by atoms with Gasteiger partial charge >= 0.3 is 0 Å². The summed E-state index contributed by atoms with van der Waals surface area (Å²) in [5.74, 6) is 0.831. The first-order valence-electron chi connectivity index (χ1n) is 7.79. The molecule has 2 aromatic rings. The lowest BCUT2D eigenvalue weighted by atomic mass is 10.2. The van der Waals surface area contributed by atoms with Gasteiger partial charge in [0.15, 0.2) is 0 Å². The number of pyridine rings is 1. The van der Waals surface area contributed by atoms with Crippen LogP contribution >= 0.6 is 0 Å². The van der Waals surface area contributed by atoms with Crippen LogP contribution in [0.1, 0.15) is 34.6 Å². The van der Waals surface area contributed by atoms with Crippen LogP contribution in [-0.4, -0.2) is 34.6 Å². The van der Waals surface area contributed by atoms with Crippen LogP contribution in [0.5, 0.6) is 0 Å². The van der Waals surface area contributed by atoms with Crippen molar-refractivity contribution < 1.29 is 4.79 Å². The zero-order valence-corrected chi connectivity index (χ0v) is 13.1. The number of nitrogens with one attached hydrogen (secondary N) is 2. The lowest BCUT2D eigenvalue weighted by molar-refractivity contribution is 0.0949. The van der Waals surface area contributed by atoms with E-state index in [0.29, 0.717) is 12.6 Å². The first kappa shape index (κ1) is 14.8. The standard InChI is InChI=1S/C17H22N4O/c1-12-10-15(17(22)20-11-14-6-5-9-18-14)13(2)21(12)16-7-3-4-8-19-16/h3-4,7-8,10,14,18H,5-6,9,11H2,1-2H3,(H,20,22). The van der Waals surface area contributed by atoms with E-state index in [2.05, 4.69) is 15.6 Å². The second-order valence-electron chi connectivity index (χ2n) is 5.81. The number of carbonyl (C=O) groups is 1. The molecule has 1 aliphatic heterocycles. The maximum absolute atomic E-state index is 12.4. The SMILES string of the molecule is Cc1cc(C(=O)NCC2CCCN2)c(C)n1-c1ccccn1. The Kier molecular flexibility index (Phi) is 4.24. The molecule has 0 saturated carbocycles. The fourth-order valence-electron chi connectivity index (χ4n) is 3.07. The second kappa shape index (κ2) is 6.32. The lowest BCUT2D eigenvalue weighted by Gasteiger charge is -2.12. The van der Waals surface area contributed by atoms with E-state index in [4.69, 9.17) is 0 Å². The van der Waals surface area contributed by atoms with Gasteiger partial charge in [-0.25, -0.2) is 4.98 Å². The van der Waals surface area contributed by atoms with Gasteiger partial charge in [0.05, 0.1) is 5.56 Å².